The van der Waals surface area contributed by atoms with Gasteiger partial charge in [0.1, 0.15) is 11.0 Å². The highest BCUT2D eigenvalue weighted by Crippen LogP contribution is 2.28. The average molecular weight is 706 g/mol. The second kappa shape index (κ2) is 17.8. The number of fused-ring (bicyclic) bond motifs is 2. The summed E-state index contributed by atoms with van der Waals surface area (Å²) in [7, 11) is 0. The zero-order chi connectivity index (χ0) is 35.3. The van der Waals surface area contributed by atoms with Crippen LogP contribution in [0, 0.1) is 0 Å². The number of amides is 1. The maximum absolute atomic E-state index is 11.0. The van der Waals surface area contributed by atoms with E-state index in [0.717, 1.165) is 41.1 Å². The molecule has 0 saturated carbocycles. The molecule has 0 spiro atoms. The van der Waals surface area contributed by atoms with Gasteiger partial charge in [-0.25, -0.2) is 9.97 Å². The van der Waals surface area contributed by atoms with Gasteiger partial charge in [0, 0.05) is 78.7 Å². The molecule has 13 heteroatoms. The molecule has 0 unspecified atom stereocenters. The van der Waals surface area contributed by atoms with Gasteiger partial charge in [0.05, 0.1) is 0 Å². The van der Waals surface area contributed by atoms with E-state index in [0.29, 0.717) is 38.7 Å². The van der Waals surface area contributed by atoms with Crippen molar-refractivity contribution in [1.82, 2.24) is 9.97 Å². The molecule has 1 amide bonds. The van der Waals surface area contributed by atoms with Crippen LogP contribution in [-0.4, -0.2) is 41.0 Å². The Balaban J connectivity index is 0.000000167. The number of hydrogen-bond donors (Lipinski definition) is 2. The summed E-state index contributed by atoms with van der Waals surface area (Å²) in [6, 6.07) is 25.4. The van der Waals surface area contributed by atoms with Gasteiger partial charge in [-0.2, -0.15) is 0 Å². The molecule has 0 radical (unpaired) electrons. The number of anilines is 2. The van der Waals surface area contributed by atoms with Gasteiger partial charge in [-0.1, -0.05) is 23.2 Å². The molecule has 3 N–H and O–H groups in total. The lowest BCUT2D eigenvalue weighted by atomic mass is 10.2. The summed E-state index contributed by atoms with van der Waals surface area (Å²) in [4.78, 5) is 39.4. The standard InChI is InChI=1S/C15H11ClN2O2.C13H9ClN2O.C4H6O3.C4H8O/c1-9(19)17-12-5-2-10(3-6-12)15-18-13-7-4-11(16)8-14(13)20-15;14-9-3-6-11-12(7-9)17-13(16-11)8-1-4-10(15)5-2-8;1-3(5)7-4(2)6;1-2-4-5-3-1/h2-8H,1H3,(H,17,19);1-7H,15H2;1-2H3;1-4H2. The van der Waals surface area contributed by atoms with Gasteiger partial charge in [-0.3, -0.25) is 14.4 Å². The van der Waals surface area contributed by atoms with Crippen LogP contribution < -0.4 is 11.1 Å². The lowest BCUT2D eigenvalue weighted by Gasteiger charge is -2.01. The molecular weight excluding hydrogens is 671 g/mol. The number of aromatic nitrogens is 2. The van der Waals surface area contributed by atoms with E-state index >= 15 is 0 Å². The van der Waals surface area contributed by atoms with E-state index in [2.05, 4.69) is 20.0 Å². The molecular formula is C36H34Cl2N4O7. The van der Waals surface area contributed by atoms with Crippen LogP contribution in [0.2, 0.25) is 10.0 Å². The third kappa shape index (κ3) is 11.8. The van der Waals surface area contributed by atoms with Gasteiger partial charge in [0.15, 0.2) is 11.2 Å². The van der Waals surface area contributed by atoms with Crippen molar-refractivity contribution in [3.63, 3.8) is 0 Å². The van der Waals surface area contributed by atoms with Crippen molar-refractivity contribution in [1.29, 1.82) is 0 Å². The zero-order valence-corrected chi connectivity index (χ0v) is 28.5. The van der Waals surface area contributed by atoms with Gasteiger partial charge in [0.2, 0.25) is 17.7 Å². The highest BCUT2D eigenvalue weighted by atomic mass is 35.5. The summed E-state index contributed by atoms with van der Waals surface area (Å²) in [6.07, 6.45) is 2.56. The molecule has 1 saturated heterocycles. The number of ether oxygens (including phenoxy) is 2. The Kier molecular flexibility index (Phi) is 13.3. The molecule has 3 heterocycles. The highest BCUT2D eigenvalue weighted by molar-refractivity contribution is 6.31. The number of oxazole rings is 2. The lowest BCUT2D eigenvalue weighted by molar-refractivity contribution is -0.156. The van der Waals surface area contributed by atoms with E-state index in [1.165, 1.54) is 33.6 Å². The van der Waals surface area contributed by atoms with Crippen LogP contribution in [0.15, 0.2) is 93.8 Å². The molecule has 11 nitrogen and oxygen atoms in total. The highest BCUT2D eigenvalue weighted by Gasteiger charge is 2.10. The van der Waals surface area contributed by atoms with Crippen LogP contribution in [-0.2, 0) is 23.9 Å². The molecule has 1 fully saturated rings. The van der Waals surface area contributed by atoms with Gasteiger partial charge in [-0.15, -0.1) is 0 Å². The minimum Gasteiger partial charge on any atom is -0.436 e. The fourth-order valence-electron chi connectivity index (χ4n) is 4.28. The van der Waals surface area contributed by atoms with E-state index in [1.807, 2.05) is 48.5 Å². The monoisotopic (exact) mass is 704 g/mol. The first-order valence-electron chi connectivity index (χ1n) is 15.1. The van der Waals surface area contributed by atoms with E-state index in [1.54, 1.807) is 36.4 Å². The Bertz CT molecular complexity index is 2000. The normalized spacial score (nSPS) is 11.7. The average Bonchev–Trinajstić information content (AvgIpc) is 3.83. The van der Waals surface area contributed by atoms with Crippen molar-refractivity contribution in [3.8, 4) is 22.9 Å². The number of nitrogens with two attached hydrogens (primary N) is 1. The first kappa shape index (κ1) is 36.6. The van der Waals surface area contributed by atoms with Crippen molar-refractivity contribution in [2.45, 2.75) is 33.6 Å². The number of nitrogens with zero attached hydrogens (tertiary/aromatic N) is 2. The minimum absolute atomic E-state index is 0.103. The van der Waals surface area contributed by atoms with Crippen molar-refractivity contribution in [3.05, 3.63) is 95.0 Å². The molecule has 0 atom stereocenters. The fourth-order valence-corrected chi connectivity index (χ4v) is 4.61. The second-order valence-corrected chi connectivity index (χ2v) is 11.4. The fraction of sp³-hybridized carbons (Fsp3) is 0.194. The summed E-state index contributed by atoms with van der Waals surface area (Å²) >= 11 is 11.8. The quantitative estimate of drug-likeness (QED) is 0.104. The summed E-state index contributed by atoms with van der Waals surface area (Å²) in [6.45, 7) is 5.83. The third-order valence-corrected chi connectivity index (χ3v) is 6.90. The van der Waals surface area contributed by atoms with Crippen LogP contribution in [0.1, 0.15) is 33.6 Å². The van der Waals surface area contributed by atoms with Crippen LogP contribution >= 0.6 is 23.2 Å². The molecule has 0 bridgehead atoms. The summed E-state index contributed by atoms with van der Waals surface area (Å²) in [5, 5.41) is 3.96. The summed E-state index contributed by atoms with van der Waals surface area (Å²) in [5.41, 5.74) is 11.7. The Morgan fingerprint density at radius 1 is 0.694 bits per heavy atom. The molecule has 1 aliphatic rings. The Labute approximate surface area is 292 Å². The van der Waals surface area contributed by atoms with Crippen LogP contribution in [0.25, 0.3) is 45.1 Å². The van der Waals surface area contributed by atoms with Crippen LogP contribution in [0.5, 0.6) is 0 Å². The maximum atomic E-state index is 11.0. The number of nitrogens with one attached hydrogen (secondary N) is 1. The number of hydrogen-bond acceptors (Lipinski definition) is 10. The van der Waals surface area contributed by atoms with Gasteiger partial charge < -0.3 is 29.4 Å². The first-order chi connectivity index (χ1) is 23.5. The van der Waals surface area contributed by atoms with E-state index in [4.69, 9.17) is 42.5 Å². The zero-order valence-electron chi connectivity index (χ0n) is 27.0. The van der Waals surface area contributed by atoms with Crippen LogP contribution in [0.3, 0.4) is 0 Å². The lowest BCUT2D eigenvalue weighted by Crippen LogP contribution is -2.05. The first-order valence-corrected chi connectivity index (χ1v) is 15.9. The number of carbonyl (C=O) groups excluding carboxylic acids is 3. The Hall–Kier alpha value is -5.23. The third-order valence-electron chi connectivity index (χ3n) is 6.43. The topological polar surface area (TPSA) is 160 Å². The van der Waals surface area contributed by atoms with E-state index < -0.39 is 11.9 Å². The van der Waals surface area contributed by atoms with Crippen molar-refractivity contribution >= 4 is 74.6 Å². The molecule has 254 valence electrons. The largest absolute Gasteiger partial charge is 0.436 e. The molecule has 2 aromatic heterocycles. The Morgan fingerprint density at radius 3 is 1.51 bits per heavy atom. The number of rotatable bonds is 3. The van der Waals surface area contributed by atoms with E-state index in [9.17, 15) is 14.4 Å². The van der Waals surface area contributed by atoms with Gasteiger partial charge in [-0.05, 0) is 85.6 Å². The molecule has 6 aromatic rings. The van der Waals surface area contributed by atoms with Crippen molar-refractivity contribution < 1.29 is 32.7 Å². The van der Waals surface area contributed by atoms with Crippen molar-refractivity contribution in [2.24, 2.45) is 0 Å². The predicted octanol–water partition coefficient (Wildman–Crippen LogP) is 8.73. The smallest absolute Gasteiger partial charge is 0.310 e. The summed E-state index contributed by atoms with van der Waals surface area (Å²) < 4.78 is 20.2. The Morgan fingerprint density at radius 2 is 1.14 bits per heavy atom. The minimum atomic E-state index is -0.562. The maximum Gasteiger partial charge on any atom is 0.310 e. The number of halogens is 2. The SMILES string of the molecule is C1CCOC1.CC(=O)Nc1ccc(-c2nc3ccc(Cl)cc3o2)cc1.CC(=O)OC(C)=O.Nc1ccc(-c2nc3ccc(Cl)cc3o2)cc1. The number of nitrogen functional groups attached to an aromatic ring is 1. The van der Waals surface area contributed by atoms with E-state index in [-0.39, 0.29) is 5.91 Å². The number of carbonyl (C=O) groups is 3. The molecule has 49 heavy (non-hydrogen) atoms. The number of esters is 2. The van der Waals surface area contributed by atoms with Gasteiger partial charge >= 0.3 is 11.9 Å². The molecule has 0 aliphatic carbocycles. The van der Waals surface area contributed by atoms with Crippen molar-refractivity contribution in [2.75, 3.05) is 24.3 Å². The van der Waals surface area contributed by atoms with Crippen LogP contribution in [0.4, 0.5) is 11.4 Å². The molecule has 7 rings (SSSR count). The van der Waals surface area contributed by atoms with Gasteiger partial charge in [0.25, 0.3) is 0 Å². The predicted molar refractivity (Wildman–Crippen MR) is 190 cm³/mol. The summed E-state index contributed by atoms with van der Waals surface area (Å²) in [5.74, 6) is -0.131. The number of benzene rings is 4. The second-order valence-electron chi connectivity index (χ2n) is 10.5. The molecule has 4 aromatic carbocycles. The molecule has 1 aliphatic heterocycles.